The van der Waals surface area contributed by atoms with E-state index < -0.39 is 17.5 Å². The number of nitrogens with two attached hydrogens (primary N) is 1. The topological polar surface area (TPSA) is 100 Å². The first-order chi connectivity index (χ1) is 19.1. The van der Waals surface area contributed by atoms with Gasteiger partial charge in [-0.15, -0.1) is 0 Å². The van der Waals surface area contributed by atoms with Gasteiger partial charge in [0.15, 0.2) is 0 Å². The maximum absolute atomic E-state index is 15.5. The maximum Gasteiger partial charge on any atom is 0.310 e. The van der Waals surface area contributed by atoms with Gasteiger partial charge in [0.25, 0.3) is 0 Å². The number of hydrogen-bond acceptors (Lipinski definition) is 7. The number of esters is 1. The molecule has 2 unspecified atom stereocenters. The lowest BCUT2D eigenvalue weighted by Gasteiger charge is -2.20. The molecule has 4 rings (SSSR count). The molecule has 0 radical (unpaired) electrons. The Morgan fingerprint density at radius 3 is 2.65 bits per heavy atom. The first kappa shape index (κ1) is 29.5. The van der Waals surface area contributed by atoms with Crippen LogP contribution in [0.15, 0.2) is 60.7 Å². The Labute approximate surface area is 235 Å². The third kappa shape index (κ3) is 8.03. The lowest BCUT2D eigenvalue weighted by molar-refractivity contribution is -0.153. The predicted octanol–water partition coefficient (Wildman–Crippen LogP) is 5.51. The Morgan fingerprint density at radius 1 is 1.12 bits per heavy atom. The summed E-state index contributed by atoms with van der Waals surface area (Å²) in [7, 11) is 0. The summed E-state index contributed by atoms with van der Waals surface area (Å²) in [6.45, 7) is 6.39. The molecule has 3 aromatic rings. The second-order valence-electron chi connectivity index (χ2n) is 11.0. The Morgan fingerprint density at radius 2 is 1.93 bits per heavy atom. The van der Waals surface area contributed by atoms with E-state index >= 15 is 4.39 Å². The molecule has 1 aliphatic rings. The van der Waals surface area contributed by atoms with E-state index in [0.717, 1.165) is 25.0 Å². The van der Waals surface area contributed by atoms with Gasteiger partial charge in [0.1, 0.15) is 36.1 Å². The Bertz CT molecular complexity index is 1300. The van der Waals surface area contributed by atoms with E-state index in [9.17, 15) is 9.90 Å². The number of benzene rings is 3. The second-order valence-corrected chi connectivity index (χ2v) is 11.0. The summed E-state index contributed by atoms with van der Waals surface area (Å²) in [6.07, 6.45) is 2.02. The van der Waals surface area contributed by atoms with Crippen LogP contribution in [0.4, 0.5) is 4.39 Å². The summed E-state index contributed by atoms with van der Waals surface area (Å²) in [4.78, 5) is 12.4. The lowest BCUT2D eigenvalue weighted by Crippen LogP contribution is -2.25. The van der Waals surface area contributed by atoms with Crippen LogP contribution in [0.2, 0.25) is 0 Å². The zero-order valence-corrected chi connectivity index (χ0v) is 23.3. The van der Waals surface area contributed by atoms with Gasteiger partial charge in [-0.1, -0.05) is 36.4 Å². The number of halogens is 1. The molecule has 1 fully saturated rings. The summed E-state index contributed by atoms with van der Waals surface area (Å²) in [5.74, 6) is 0.286. The van der Waals surface area contributed by atoms with Crippen molar-refractivity contribution in [3.05, 3.63) is 83.2 Å². The molecule has 1 heterocycles. The molecule has 214 valence electrons. The van der Waals surface area contributed by atoms with Crippen LogP contribution in [0, 0.1) is 5.82 Å². The highest BCUT2D eigenvalue weighted by Crippen LogP contribution is 2.32. The van der Waals surface area contributed by atoms with Crippen molar-refractivity contribution in [2.75, 3.05) is 19.8 Å². The molecule has 0 aromatic heterocycles. The van der Waals surface area contributed by atoms with E-state index in [1.165, 1.54) is 0 Å². The van der Waals surface area contributed by atoms with E-state index in [2.05, 4.69) is 0 Å². The second kappa shape index (κ2) is 13.3. The summed E-state index contributed by atoms with van der Waals surface area (Å²) in [5, 5.41) is 9.48. The fourth-order valence-electron chi connectivity index (χ4n) is 4.59. The van der Waals surface area contributed by atoms with E-state index in [0.29, 0.717) is 34.8 Å². The molecule has 1 aliphatic heterocycles. The molecule has 0 aliphatic carbocycles. The van der Waals surface area contributed by atoms with Gasteiger partial charge in [0.05, 0.1) is 25.2 Å². The van der Waals surface area contributed by atoms with Crippen molar-refractivity contribution >= 4 is 5.97 Å². The van der Waals surface area contributed by atoms with Crippen LogP contribution in [-0.2, 0) is 27.3 Å². The molecule has 0 spiro atoms. The van der Waals surface area contributed by atoms with Gasteiger partial charge in [-0.05, 0) is 69.0 Å². The lowest BCUT2D eigenvalue weighted by atomic mass is 9.97. The van der Waals surface area contributed by atoms with Crippen LogP contribution in [0.5, 0.6) is 11.5 Å². The summed E-state index contributed by atoms with van der Waals surface area (Å²) >= 11 is 0. The normalized spacial score (nSPS) is 16.0. The number of aliphatic hydroxyl groups is 1. The van der Waals surface area contributed by atoms with Gasteiger partial charge >= 0.3 is 5.97 Å². The van der Waals surface area contributed by atoms with Gasteiger partial charge in [-0.3, -0.25) is 4.79 Å². The average Bonchev–Trinajstić information content (AvgIpc) is 3.44. The SMILES string of the molecule is CC(C)(C)OC(=O)Cc1ccccc1OCc1cc(OCC2CCCO2)cc(-c2cccc(C(N)CO)c2F)c1. The van der Waals surface area contributed by atoms with Crippen molar-refractivity contribution in [2.45, 2.75) is 64.4 Å². The minimum atomic E-state index is -0.830. The van der Waals surface area contributed by atoms with Crippen molar-refractivity contribution in [2.24, 2.45) is 5.73 Å². The Kier molecular flexibility index (Phi) is 9.79. The minimum absolute atomic E-state index is 0.0192. The molecule has 0 amide bonds. The molecule has 7 nitrogen and oxygen atoms in total. The number of para-hydroxylation sites is 1. The van der Waals surface area contributed by atoms with Crippen LogP contribution in [-0.4, -0.2) is 42.6 Å². The van der Waals surface area contributed by atoms with Crippen LogP contribution < -0.4 is 15.2 Å². The van der Waals surface area contributed by atoms with E-state index in [4.69, 9.17) is 24.7 Å². The van der Waals surface area contributed by atoms with Gasteiger partial charge in [0, 0.05) is 23.3 Å². The smallest absolute Gasteiger partial charge is 0.310 e. The summed E-state index contributed by atoms with van der Waals surface area (Å²) in [6, 6.07) is 16.9. The highest BCUT2D eigenvalue weighted by atomic mass is 19.1. The number of ether oxygens (including phenoxy) is 4. The molecule has 8 heteroatoms. The van der Waals surface area contributed by atoms with Gasteiger partial charge in [-0.2, -0.15) is 0 Å². The van der Waals surface area contributed by atoms with Gasteiger partial charge in [-0.25, -0.2) is 4.39 Å². The van der Waals surface area contributed by atoms with Crippen molar-refractivity contribution in [3.8, 4) is 22.6 Å². The quantitative estimate of drug-likeness (QED) is 0.303. The minimum Gasteiger partial charge on any atom is -0.491 e. The largest absolute Gasteiger partial charge is 0.491 e. The molecule has 0 bridgehead atoms. The average molecular weight is 552 g/mol. The number of carbonyl (C=O) groups is 1. The van der Waals surface area contributed by atoms with E-state index in [1.807, 2.05) is 51.1 Å². The first-order valence-electron chi connectivity index (χ1n) is 13.6. The van der Waals surface area contributed by atoms with Crippen LogP contribution in [0.3, 0.4) is 0 Å². The number of aliphatic hydroxyl groups excluding tert-OH is 1. The number of hydrogen-bond donors (Lipinski definition) is 2. The predicted molar refractivity (Wildman–Crippen MR) is 151 cm³/mol. The highest BCUT2D eigenvalue weighted by Gasteiger charge is 2.20. The molecule has 0 saturated carbocycles. The van der Waals surface area contributed by atoms with Crippen molar-refractivity contribution < 1.29 is 33.2 Å². The highest BCUT2D eigenvalue weighted by molar-refractivity contribution is 5.74. The number of rotatable bonds is 11. The van der Waals surface area contributed by atoms with Gasteiger partial charge < -0.3 is 29.8 Å². The summed E-state index contributed by atoms with van der Waals surface area (Å²) < 4.78 is 38.9. The molecule has 40 heavy (non-hydrogen) atoms. The van der Waals surface area contributed by atoms with Crippen molar-refractivity contribution in [3.63, 3.8) is 0 Å². The van der Waals surface area contributed by atoms with Gasteiger partial charge in [0.2, 0.25) is 0 Å². The Hall–Kier alpha value is -3.46. The fourth-order valence-corrected chi connectivity index (χ4v) is 4.59. The molecule has 3 aromatic carbocycles. The molecule has 1 saturated heterocycles. The van der Waals surface area contributed by atoms with Crippen molar-refractivity contribution in [1.82, 2.24) is 0 Å². The molecular weight excluding hydrogens is 513 g/mol. The molecular formula is C32H38FNO6. The van der Waals surface area contributed by atoms with Crippen LogP contribution in [0.25, 0.3) is 11.1 Å². The molecule has 2 atom stereocenters. The summed E-state index contributed by atoms with van der Waals surface area (Å²) in [5.41, 5.74) is 7.98. The Balaban J connectivity index is 1.59. The zero-order valence-electron chi connectivity index (χ0n) is 23.3. The van der Waals surface area contributed by atoms with E-state index in [1.54, 1.807) is 30.3 Å². The zero-order chi connectivity index (χ0) is 28.7. The first-order valence-corrected chi connectivity index (χ1v) is 13.6. The fraction of sp³-hybridized carbons (Fsp3) is 0.406. The van der Waals surface area contributed by atoms with Crippen LogP contribution >= 0.6 is 0 Å². The number of carbonyl (C=O) groups excluding carboxylic acids is 1. The standard InChI is InChI=1S/C32H38FNO6/c1-32(2,3)40-30(36)17-22-8-4-5-12-29(22)39-19-21-14-23(16-25(15-21)38-20-24-9-7-13-37-24)26-10-6-11-27(31(26)33)28(34)18-35/h4-6,8,10-12,14-16,24,28,35H,7,9,13,17-20,34H2,1-3H3. The van der Waals surface area contributed by atoms with E-state index in [-0.39, 0.29) is 37.3 Å². The third-order valence-corrected chi connectivity index (χ3v) is 6.48. The van der Waals surface area contributed by atoms with Crippen molar-refractivity contribution in [1.29, 1.82) is 0 Å². The van der Waals surface area contributed by atoms with Crippen LogP contribution in [0.1, 0.15) is 56.3 Å². The molecule has 3 N–H and O–H groups in total. The third-order valence-electron chi connectivity index (χ3n) is 6.48. The maximum atomic E-state index is 15.5. The monoisotopic (exact) mass is 551 g/mol.